The third-order valence-electron chi connectivity index (χ3n) is 4.37. The molecule has 2 rings (SSSR count). The van der Waals surface area contributed by atoms with Gasteiger partial charge in [-0.3, -0.25) is 4.99 Å². The van der Waals surface area contributed by atoms with Crippen molar-refractivity contribution >= 4 is 11.6 Å². The number of rotatable bonds is 12. The van der Waals surface area contributed by atoms with Crippen molar-refractivity contribution in [2.45, 2.75) is 26.3 Å². The van der Waals surface area contributed by atoms with E-state index in [0.717, 1.165) is 57.3 Å². The van der Waals surface area contributed by atoms with E-state index in [1.165, 1.54) is 5.69 Å². The average Bonchev–Trinajstić information content (AvgIpc) is 3.19. The van der Waals surface area contributed by atoms with E-state index in [2.05, 4.69) is 68.5 Å². The molecule has 0 aliphatic carbocycles. The van der Waals surface area contributed by atoms with Crippen LogP contribution in [0.5, 0.6) is 0 Å². The fourth-order valence-electron chi connectivity index (χ4n) is 2.79. The first-order valence-electron chi connectivity index (χ1n) is 9.88. The van der Waals surface area contributed by atoms with Crippen molar-refractivity contribution in [1.29, 1.82) is 0 Å². The fraction of sp³-hybridized carbons (Fsp3) is 0.550. The first kappa shape index (κ1) is 21.7. The number of nitrogens with one attached hydrogen (secondary N) is 2. The van der Waals surface area contributed by atoms with Gasteiger partial charge in [-0.2, -0.15) is 0 Å². The van der Waals surface area contributed by atoms with Gasteiger partial charge in [0, 0.05) is 59.0 Å². The Morgan fingerprint density at radius 2 is 2.00 bits per heavy atom. The highest BCUT2D eigenvalue weighted by atomic mass is 16.5. The van der Waals surface area contributed by atoms with Gasteiger partial charge in [0.15, 0.2) is 5.96 Å². The Kier molecular flexibility index (Phi) is 9.85. The van der Waals surface area contributed by atoms with Crippen molar-refractivity contribution in [1.82, 2.24) is 25.4 Å². The lowest BCUT2D eigenvalue weighted by Gasteiger charge is -2.18. The minimum atomic E-state index is 0.642. The highest BCUT2D eigenvalue weighted by Crippen LogP contribution is 2.10. The van der Waals surface area contributed by atoms with Crippen LogP contribution in [-0.4, -0.2) is 67.7 Å². The number of nitrogens with zero attached hydrogens (tertiary/aromatic N) is 5. The molecule has 154 valence electrons. The number of para-hydroxylation sites is 1. The number of benzene rings is 1. The maximum absolute atomic E-state index is 5.12. The SMILES string of the molecule is CCc1nncn1CCNC(=NCCCN(C)c1ccccc1)NCCOC. The molecule has 8 nitrogen and oxygen atoms in total. The quantitative estimate of drug-likeness (QED) is 0.327. The number of methoxy groups -OCH3 is 1. The molecular weight excluding hydrogens is 354 g/mol. The molecule has 0 aliphatic heterocycles. The number of aliphatic imine (C=N–C) groups is 1. The zero-order valence-corrected chi connectivity index (χ0v) is 17.3. The summed E-state index contributed by atoms with van der Waals surface area (Å²) in [5, 5.41) is 14.8. The molecule has 1 heterocycles. The van der Waals surface area contributed by atoms with E-state index in [1.807, 2.05) is 6.07 Å². The van der Waals surface area contributed by atoms with Gasteiger partial charge >= 0.3 is 0 Å². The molecule has 0 fully saturated rings. The summed E-state index contributed by atoms with van der Waals surface area (Å²) in [5.74, 6) is 1.81. The molecule has 2 N–H and O–H groups in total. The number of guanidine groups is 1. The summed E-state index contributed by atoms with van der Waals surface area (Å²) in [7, 11) is 3.81. The molecule has 0 amide bonds. The molecule has 28 heavy (non-hydrogen) atoms. The van der Waals surface area contributed by atoms with Crippen LogP contribution in [0.4, 0.5) is 5.69 Å². The molecule has 0 saturated heterocycles. The van der Waals surface area contributed by atoms with Crippen molar-refractivity contribution in [3.8, 4) is 0 Å². The lowest BCUT2D eigenvalue weighted by atomic mass is 10.3. The summed E-state index contributed by atoms with van der Waals surface area (Å²) in [4.78, 5) is 6.94. The van der Waals surface area contributed by atoms with E-state index < -0.39 is 0 Å². The molecule has 0 aliphatic rings. The molecule has 8 heteroatoms. The zero-order chi connectivity index (χ0) is 20.0. The second-order valence-corrected chi connectivity index (χ2v) is 6.48. The maximum Gasteiger partial charge on any atom is 0.191 e. The minimum absolute atomic E-state index is 0.642. The molecule has 0 atom stereocenters. The molecular formula is C20H33N7O. The monoisotopic (exact) mass is 387 g/mol. The Bertz CT molecular complexity index is 687. The second-order valence-electron chi connectivity index (χ2n) is 6.48. The lowest BCUT2D eigenvalue weighted by Crippen LogP contribution is -2.40. The van der Waals surface area contributed by atoms with Gasteiger partial charge in [-0.25, -0.2) is 0 Å². The highest BCUT2D eigenvalue weighted by Gasteiger charge is 2.03. The third kappa shape index (κ3) is 7.56. The van der Waals surface area contributed by atoms with E-state index in [4.69, 9.17) is 9.73 Å². The number of anilines is 1. The van der Waals surface area contributed by atoms with Gasteiger partial charge in [0.2, 0.25) is 0 Å². The summed E-state index contributed by atoms with van der Waals surface area (Å²) in [6.45, 7) is 6.72. The van der Waals surface area contributed by atoms with Crippen molar-refractivity contribution in [2.75, 3.05) is 51.8 Å². The van der Waals surface area contributed by atoms with Crippen LogP contribution in [-0.2, 0) is 17.7 Å². The predicted molar refractivity (Wildman–Crippen MR) is 114 cm³/mol. The molecule has 0 unspecified atom stereocenters. The van der Waals surface area contributed by atoms with E-state index in [1.54, 1.807) is 13.4 Å². The molecule has 1 aromatic heterocycles. The first-order chi connectivity index (χ1) is 13.7. The van der Waals surface area contributed by atoms with Crippen LogP contribution in [0, 0.1) is 0 Å². The third-order valence-corrected chi connectivity index (χ3v) is 4.37. The lowest BCUT2D eigenvalue weighted by molar-refractivity contribution is 0.203. The van der Waals surface area contributed by atoms with E-state index in [9.17, 15) is 0 Å². The molecule has 0 saturated carbocycles. The summed E-state index contributed by atoms with van der Waals surface area (Å²) in [5.41, 5.74) is 1.23. The summed E-state index contributed by atoms with van der Waals surface area (Å²) >= 11 is 0. The van der Waals surface area contributed by atoms with Crippen LogP contribution in [0.2, 0.25) is 0 Å². The van der Waals surface area contributed by atoms with Gasteiger partial charge in [-0.05, 0) is 18.6 Å². The van der Waals surface area contributed by atoms with Crippen LogP contribution in [0.25, 0.3) is 0 Å². The van der Waals surface area contributed by atoms with Crippen LogP contribution < -0.4 is 15.5 Å². The summed E-state index contributed by atoms with van der Waals surface area (Å²) in [6.07, 6.45) is 3.63. The second kappa shape index (κ2) is 12.7. The fourth-order valence-corrected chi connectivity index (χ4v) is 2.79. The van der Waals surface area contributed by atoms with Crippen LogP contribution in [0.3, 0.4) is 0 Å². The van der Waals surface area contributed by atoms with Crippen LogP contribution >= 0.6 is 0 Å². The van der Waals surface area contributed by atoms with Gasteiger partial charge in [0.05, 0.1) is 6.61 Å². The van der Waals surface area contributed by atoms with Crippen LogP contribution in [0.1, 0.15) is 19.2 Å². The first-order valence-corrected chi connectivity index (χ1v) is 9.88. The smallest absolute Gasteiger partial charge is 0.191 e. The van der Waals surface area contributed by atoms with E-state index >= 15 is 0 Å². The van der Waals surface area contributed by atoms with Crippen molar-refractivity contribution < 1.29 is 4.74 Å². The number of hydrogen-bond donors (Lipinski definition) is 2. The minimum Gasteiger partial charge on any atom is -0.383 e. The Labute approximate surface area is 168 Å². The highest BCUT2D eigenvalue weighted by molar-refractivity contribution is 5.79. The van der Waals surface area contributed by atoms with Crippen molar-refractivity contribution in [2.24, 2.45) is 4.99 Å². The van der Waals surface area contributed by atoms with Gasteiger partial charge in [-0.15, -0.1) is 10.2 Å². The zero-order valence-electron chi connectivity index (χ0n) is 17.3. The molecule has 2 aromatic rings. The summed E-state index contributed by atoms with van der Waals surface area (Å²) in [6, 6.07) is 10.4. The van der Waals surface area contributed by atoms with Gasteiger partial charge in [0.25, 0.3) is 0 Å². The van der Waals surface area contributed by atoms with E-state index in [-0.39, 0.29) is 0 Å². The van der Waals surface area contributed by atoms with Crippen molar-refractivity contribution in [3.63, 3.8) is 0 Å². The Hall–Kier alpha value is -2.61. The Morgan fingerprint density at radius 1 is 1.21 bits per heavy atom. The molecule has 0 bridgehead atoms. The standard InChI is InChI=1S/C20H33N7O/c1-4-19-25-24-17-27(19)15-12-22-20(23-13-16-28-3)21-11-8-14-26(2)18-9-6-5-7-10-18/h5-7,9-10,17H,4,8,11-16H2,1-3H3,(H2,21,22,23). The molecule has 0 spiro atoms. The predicted octanol–water partition coefficient (Wildman–Crippen LogP) is 1.55. The Balaban J connectivity index is 1.78. The maximum atomic E-state index is 5.12. The van der Waals surface area contributed by atoms with Crippen LogP contribution in [0.15, 0.2) is 41.7 Å². The molecule has 1 aromatic carbocycles. The van der Waals surface area contributed by atoms with Crippen molar-refractivity contribution in [3.05, 3.63) is 42.5 Å². The van der Waals surface area contributed by atoms with Gasteiger partial charge in [0.1, 0.15) is 12.2 Å². The number of hydrogen-bond acceptors (Lipinski definition) is 5. The topological polar surface area (TPSA) is 79.6 Å². The normalized spacial score (nSPS) is 11.5. The van der Waals surface area contributed by atoms with E-state index in [0.29, 0.717) is 6.61 Å². The number of aromatic nitrogens is 3. The summed E-state index contributed by atoms with van der Waals surface area (Å²) < 4.78 is 7.18. The average molecular weight is 388 g/mol. The number of ether oxygens (including phenoxy) is 1. The molecule has 0 radical (unpaired) electrons. The number of aryl methyl sites for hydroxylation is 1. The van der Waals surface area contributed by atoms with Gasteiger partial charge in [-0.1, -0.05) is 25.1 Å². The largest absolute Gasteiger partial charge is 0.383 e. The Morgan fingerprint density at radius 3 is 2.75 bits per heavy atom. The van der Waals surface area contributed by atoms with Gasteiger partial charge < -0.3 is 24.8 Å².